The van der Waals surface area contributed by atoms with Crippen molar-refractivity contribution in [2.24, 2.45) is 0 Å². The maximum absolute atomic E-state index is 6.47. The van der Waals surface area contributed by atoms with Crippen LogP contribution in [0.3, 0.4) is 0 Å². The third-order valence-electron chi connectivity index (χ3n) is 8.45. The number of hydrogen-bond donors (Lipinski definition) is 0. The zero-order chi connectivity index (χ0) is 28.3. The molecule has 7 aromatic carbocycles. The van der Waals surface area contributed by atoms with Gasteiger partial charge in [0.2, 0.25) is 0 Å². The van der Waals surface area contributed by atoms with E-state index >= 15 is 0 Å². The van der Waals surface area contributed by atoms with Crippen molar-refractivity contribution in [3.05, 3.63) is 152 Å². The van der Waals surface area contributed by atoms with Crippen molar-refractivity contribution in [2.75, 3.05) is 4.90 Å². The highest BCUT2D eigenvalue weighted by Gasteiger charge is 2.19. The molecule has 9 rings (SSSR count). The number of furan rings is 1. The lowest BCUT2D eigenvalue weighted by atomic mass is 9.96. The lowest BCUT2D eigenvalue weighted by Gasteiger charge is -2.25. The van der Waals surface area contributed by atoms with Crippen molar-refractivity contribution in [2.45, 2.75) is 0 Å². The molecule has 0 amide bonds. The monoisotopic (exact) mass is 567 g/mol. The van der Waals surface area contributed by atoms with Crippen molar-refractivity contribution in [3.8, 4) is 11.1 Å². The van der Waals surface area contributed by atoms with Crippen molar-refractivity contribution < 1.29 is 4.42 Å². The Balaban J connectivity index is 1.20. The third kappa shape index (κ3) is 3.86. The van der Waals surface area contributed by atoms with E-state index in [-0.39, 0.29) is 0 Å². The lowest BCUT2D eigenvalue weighted by molar-refractivity contribution is 0.669. The highest BCUT2D eigenvalue weighted by Crippen LogP contribution is 2.43. The molecule has 2 aromatic heterocycles. The van der Waals surface area contributed by atoms with Crippen LogP contribution in [0.2, 0.25) is 0 Å². The minimum Gasteiger partial charge on any atom is -0.454 e. The number of benzene rings is 7. The fourth-order valence-corrected chi connectivity index (χ4v) is 7.59. The van der Waals surface area contributed by atoms with E-state index in [1.54, 1.807) is 0 Å². The second kappa shape index (κ2) is 9.59. The van der Waals surface area contributed by atoms with Gasteiger partial charge in [-0.3, -0.25) is 0 Å². The van der Waals surface area contributed by atoms with Gasteiger partial charge in [-0.2, -0.15) is 0 Å². The summed E-state index contributed by atoms with van der Waals surface area (Å²) in [5.41, 5.74) is 7.41. The second-order valence-electron chi connectivity index (χ2n) is 10.9. The molecule has 0 spiro atoms. The van der Waals surface area contributed by atoms with E-state index in [4.69, 9.17) is 4.42 Å². The largest absolute Gasteiger partial charge is 0.454 e. The van der Waals surface area contributed by atoms with Gasteiger partial charge >= 0.3 is 0 Å². The maximum Gasteiger partial charge on any atom is 0.159 e. The van der Waals surface area contributed by atoms with Crippen LogP contribution in [0.5, 0.6) is 0 Å². The Morgan fingerprint density at radius 1 is 0.465 bits per heavy atom. The summed E-state index contributed by atoms with van der Waals surface area (Å²) in [4.78, 5) is 2.29. The molecule has 0 N–H and O–H groups in total. The first-order chi connectivity index (χ1) is 21.3. The topological polar surface area (TPSA) is 16.4 Å². The van der Waals surface area contributed by atoms with Gasteiger partial charge in [0.05, 0.1) is 5.69 Å². The van der Waals surface area contributed by atoms with Crippen molar-refractivity contribution in [1.29, 1.82) is 0 Å². The van der Waals surface area contributed by atoms with Gasteiger partial charge in [-0.05, 0) is 76.5 Å². The summed E-state index contributed by atoms with van der Waals surface area (Å²) in [5.74, 6) is 0. The summed E-state index contributed by atoms with van der Waals surface area (Å²) in [6.07, 6.45) is 0. The molecule has 0 fully saturated rings. The maximum atomic E-state index is 6.47. The van der Waals surface area contributed by atoms with E-state index < -0.39 is 0 Å². The van der Waals surface area contributed by atoms with Crippen LogP contribution < -0.4 is 4.90 Å². The van der Waals surface area contributed by atoms with Gasteiger partial charge in [-0.1, -0.05) is 97.1 Å². The van der Waals surface area contributed by atoms with Crippen LogP contribution in [0.1, 0.15) is 0 Å². The van der Waals surface area contributed by atoms with E-state index in [0.717, 1.165) is 39.0 Å². The highest BCUT2D eigenvalue weighted by molar-refractivity contribution is 7.25. The van der Waals surface area contributed by atoms with Crippen molar-refractivity contribution in [3.63, 3.8) is 0 Å². The van der Waals surface area contributed by atoms with Crippen LogP contribution in [0.15, 0.2) is 156 Å². The van der Waals surface area contributed by atoms with Crippen LogP contribution in [0.4, 0.5) is 17.1 Å². The van der Waals surface area contributed by atoms with Gasteiger partial charge in [0.25, 0.3) is 0 Å². The Labute approximate surface area is 252 Å². The van der Waals surface area contributed by atoms with E-state index in [9.17, 15) is 0 Å². The zero-order valence-corrected chi connectivity index (χ0v) is 24.0. The van der Waals surface area contributed by atoms with Crippen molar-refractivity contribution >= 4 is 81.3 Å². The molecule has 202 valence electrons. The molecule has 0 aliphatic carbocycles. The molecule has 0 atom stereocenters. The van der Waals surface area contributed by atoms with Crippen LogP contribution >= 0.6 is 11.3 Å². The molecule has 0 aliphatic rings. The first kappa shape index (κ1) is 24.2. The molecule has 9 aromatic rings. The molecule has 2 nitrogen and oxygen atoms in total. The van der Waals surface area contributed by atoms with Crippen LogP contribution in [0, 0.1) is 0 Å². The molecule has 3 heteroatoms. The highest BCUT2D eigenvalue weighted by atomic mass is 32.1. The van der Waals surface area contributed by atoms with Gasteiger partial charge in [-0.15, -0.1) is 11.3 Å². The van der Waals surface area contributed by atoms with Crippen LogP contribution in [-0.4, -0.2) is 0 Å². The standard InChI is InChI=1S/C40H25NOS/c1-2-11-28(12-3-1)41(36-17-9-16-33-31-13-4-6-18-37(31)42-40(33)36)29-22-20-26(21-23-29)30-15-8-10-27-24-39-35(25-34(27)30)32-14-5-7-19-38(32)43-39/h1-25H. The van der Waals surface area contributed by atoms with E-state index in [2.05, 4.69) is 144 Å². The van der Waals surface area contributed by atoms with E-state index in [1.165, 1.54) is 42.1 Å². The number of hydrogen-bond acceptors (Lipinski definition) is 3. The minimum atomic E-state index is 0.887. The molecular formula is C40H25NOS. The SMILES string of the molecule is c1ccc(N(c2ccc(-c3cccc4cc5sc6ccccc6c5cc34)cc2)c2cccc3c2oc2ccccc23)cc1. The number of nitrogens with zero attached hydrogens (tertiary/aromatic N) is 1. The molecule has 0 saturated heterocycles. The third-order valence-corrected chi connectivity index (χ3v) is 9.59. The Kier molecular flexibility index (Phi) is 5.40. The molecule has 0 bridgehead atoms. The average Bonchev–Trinajstić information content (AvgIpc) is 3.63. The predicted molar refractivity (Wildman–Crippen MR) is 184 cm³/mol. The van der Waals surface area contributed by atoms with E-state index in [1.807, 2.05) is 23.5 Å². The number of rotatable bonds is 4. The summed E-state index contributed by atoms with van der Waals surface area (Å²) in [6.45, 7) is 0. The van der Waals surface area contributed by atoms with Crippen LogP contribution in [0.25, 0.3) is 64.0 Å². The molecular weight excluding hydrogens is 543 g/mol. The van der Waals surface area contributed by atoms with Gasteiger partial charge in [-0.25, -0.2) is 0 Å². The minimum absolute atomic E-state index is 0.887. The summed E-state index contributed by atoms with van der Waals surface area (Å²) >= 11 is 1.87. The summed E-state index contributed by atoms with van der Waals surface area (Å²) < 4.78 is 9.13. The summed E-state index contributed by atoms with van der Waals surface area (Å²) in [7, 11) is 0. The number of para-hydroxylation sites is 3. The average molecular weight is 568 g/mol. The fourth-order valence-electron chi connectivity index (χ4n) is 6.45. The Morgan fingerprint density at radius 2 is 1.19 bits per heavy atom. The molecule has 0 unspecified atom stereocenters. The normalized spacial score (nSPS) is 11.7. The Hall–Kier alpha value is -5.38. The van der Waals surface area contributed by atoms with Gasteiger partial charge < -0.3 is 9.32 Å². The van der Waals surface area contributed by atoms with Gasteiger partial charge in [0.15, 0.2) is 5.58 Å². The molecule has 0 saturated carbocycles. The van der Waals surface area contributed by atoms with Crippen molar-refractivity contribution in [1.82, 2.24) is 0 Å². The number of fused-ring (bicyclic) bond motifs is 7. The van der Waals surface area contributed by atoms with Gasteiger partial charge in [0, 0.05) is 42.3 Å². The fraction of sp³-hybridized carbons (Fsp3) is 0. The van der Waals surface area contributed by atoms with E-state index in [0.29, 0.717) is 0 Å². The van der Waals surface area contributed by atoms with Crippen LogP contribution in [-0.2, 0) is 0 Å². The lowest BCUT2D eigenvalue weighted by Crippen LogP contribution is -2.10. The number of anilines is 3. The Bertz CT molecular complexity index is 2450. The first-order valence-electron chi connectivity index (χ1n) is 14.5. The quantitative estimate of drug-likeness (QED) is 0.210. The predicted octanol–water partition coefficient (Wildman–Crippen LogP) is 12.2. The molecule has 0 radical (unpaired) electrons. The number of thiophene rings is 1. The Morgan fingerprint density at radius 3 is 2.07 bits per heavy atom. The zero-order valence-electron chi connectivity index (χ0n) is 23.2. The smallest absolute Gasteiger partial charge is 0.159 e. The molecule has 43 heavy (non-hydrogen) atoms. The van der Waals surface area contributed by atoms with Gasteiger partial charge in [0.1, 0.15) is 5.58 Å². The summed E-state index contributed by atoms with van der Waals surface area (Å²) in [6, 6.07) is 54.2. The first-order valence-corrected chi connectivity index (χ1v) is 15.3. The second-order valence-corrected chi connectivity index (χ2v) is 12.0. The molecule has 2 heterocycles. The molecule has 0 aliphatic heterocycles. The summed E-state index contributed by atoms with van der Waals surface area (Å²) in [5, 5.41) is 7.44.